The normalized spacial score (nSPS) is 34.4. The second-order valence-corrected chi connectivity index (χ2v) is 4.56. The monoisotopic (exact) mass is 197 g/mol. The van der Waals surface area contributed by atoms with Crippen molar-refractivity contribution in [2.45, 2.75) is 43.7 Å². The van der Waals surface area contributed by atoms with Crippen LogP contribution in [-0.2, 0) is 9.53 Å². The van der Waals surface area contributed by atoms with Crippen molar-refractivity contribution in [2.24, 2.45) is 0 Å². The van der Waals surface area contributed by atoms with Gasteiger partial charge >= 0.3 is 0 Å². The molecule has 2 rings (SSSR count). The highest BCUT2D eigenvalue weighted by Crippen LogP contribution is 2.34. The summed E-state index contributed by atoms with van der Waals surface area (Å²) >= 11 is 0. The zero-order chi connectivity index (χ0) is 10.0. The van der Waals surface area contributed by atoms with Crippen LogP contribution >= 0.6 is 0 Å². The van der Waals surface area contributed by atoms with Crippen molar-refractivity contribution in [3.05, 3.63) is 0 Å². The van der Waals surface area contributed by atoms with Crippen molar-refractivity contribution >= 4 is 6.29 Å². The van der Waals surface area contributed by atoms with Crippen LogP contribution in [-0.4, -0.2) is 43.0 Å². The van der Waals surface area contributed by atoms with Crippen LogP contribution in [0.1, 0.15) is 32.1 Å². The summed E-state index contributed by atoms with van der Waals surface area (Å²) in [4.78, 5) is 13.1. The van der Waals surface area contributed by atoms with Gasteiger partial charge in [-0.1, -0.05) is 0 Å². The van der Waals surface area contributed by atoms with E-state index in [9.17, 15) is 4.79 Å². The van der Waals surface area contributed by atoms with Gasteiger partial charge in [0.05, 0.1) is 5.60 Å². The number of ether oxygens (including phenoxy) is 1. The lowest BCUT2D eigenvalue weighted by Crippen LogP contribution is -2.50. The van der Waals surface area contributed by atoms with Gasteiger partial charge in [0.1, 0.15) is 6.29 Å². The molecule has 14 heavy (non-hydrogen) atoms. The summed E-state index contributed by atoms with van der Waals surface area (Å²) in [6.07, 6.45) is 6.41. The Morgan fingerprint density at radius 3 is 2.93 bits per heavy atom. The molecule has 1 heterocycles. The number of aldehydes is 1. The average molecular weight is 197 g/mol. The molecule has 0 bridgehead atoms. The largest absolute Gasteiger partial charge is 0.376 e. The average Bonchev–Trinajstić information content (AvgIpc) is 3.02. The number of nitrogens with zero attached hydrogens (tertiary/aromatic N) is 1. The van der Waals surface area contributed by atoms with Gasteiger partial charge < -0.3 is 9.53 Å². The highest BCUT2D eigenvalue weighted by molar-refractivity contribution is 5.51. The molecule has 2 fully saturated rings. The molecule has 1 saturated carbocycles. The zero-order valence-electron chi connectivity index (χ0n) is 8.87. The molecule has 1 aliphatic heterocycles. The first kappa shape index (κ1) is 10.1. The van der Waals surface area contributed by atoms with Crippen LogP contribution in [0.5, 0.6) is 0 Å². The predicted molar refractivity (Wildman–Crippen MR) is 54.3 cm³/mol. The van der Waals surface area contributed by atoms with Crippen LogP contribution in [0.2, 0.25) is 0 Å². The zero-order valence-corrected chi connectivity index (χ0v) is 8.87. The molecule has 0 aromatic heterocycles. The van der Waals surface area contributed by atoms with E-state index in [-0.39, 0.29) is 5.60 Å². The summed E-state index contributed by atoms with van der Waals surface area (Å²) in [7, 11) is 1.74. The van der Waals surface area contributed by atoms with Crippen LogP contribution in [0.4, 0.5) is 0 Å². The van der Waals surface area contributed by atoms with Crippen LogP contribution < -0.4 is 0 Å². The molecule has 3 nitrogen and oxygen atoms in total. The summed E-state index contributed by atoms with van der Waals surface area (Å²) in [5.74, 6) is 0. The first-order valence-corrected chi connectivity index (χ1v) is 5.52. The molecular formula is C11H19NO2. The number of hydrogen-bond acceptors (Lipinski definition) is 3. The van der Waals surface area contributed by atoms with Gasteiger partial charge in [0, 0.05) is 26.1 Å². The molecule has 1 saturated heterocycles. The van der Waals surface area contributed by atoms with E-state index in [1.54, 1.807) is 7.11 Å². The Labute approximate surface area is 85.4 Å². The SMILES string of the molecule is COC1(CC=O)CCCN(C2CC2)C1. The second-order valence-electron chi connectivity index (χ2n) is 4.56. The number of methoxy groups -OCH3 is 1. The maximum Gasteiger partial charge on any atom is 0.122 e. The number of likely N-dealkylation sites (tertiary alicyclic amines) is 1. The van der Waals surface area contributed by atoms with Gasteiger partial charge in [0.25, 0.3) is 0 Å². The third-order valence-electron chi connectivity index (χ3n) is 3.52. The lowest BCUT2D eigenvalue weighted by atomic mass is 9.89. The minimum atomic E-state index is -0.178. The molecule has 80 valence electrons. The molecule has 2 aliphatic rings. The van der Waals surface area contributed by atoms with Crippen molar-refractivity contribution in [3.63, 3.8) is 0 Å². The number of carbonyl (C=O) groups excluding carboxylic acids is 1. The number of hydrogen-bond donors (Lipinski definition) is 0. The first-order valence-electron chi connectivity index (χ1n) is 5.52. The van der Waals surface area contributed by atoms with Crippen LogP contribution in [0, 0.1) is 0 Å². The third-order valence-corrected chi connectivity index (χ3v) is 3.52. The quantitative estimate of drug-likeness (QED) is 0.635. The fourth-order valence-electron chi connectivity index (χ4n) is 2.45. The van der Waals surface area contributed by atoms with Gasteiger partial charge in [0.2, 0.25) is 0 Å². The van der Waals surface area contributed by atoms with E-state index in [2.05, 4.69) is 4.90 Å². The van der Waals surface area contributed by atoms with E-state index in [1.165, 1.54) is 19.4 Å². The fourth-order valence-corrected chi connectivity index (χ4v) is 2.45. The van der Waals surface area contributed by atoms with E-state index < -0.39 is 0 Å². The van der Waals surface area contributed by atoms with Crippen LogP contribution in [0.15, 0.2) is 0 Å². The van der Waals surface area contributed by atoms with Crippen LogP contribution in [0.3, 0.4) is 0 Å². The Hall–Kier alpha value is -0.410. The highest BCUT2D eigenvalue weighted by Gasteiger charge is 2.40. The summed E-state index contributed by atoms with van der Waals surface area (Å²) in [5.41, 5.74) is -0.178. The van der Waals surface area contributed by atoms with Gasteiger partial charge in [-0.15, -0.1) is 0 Å². The summed E-state index contributed by atoms with van der Waals surface area (Å²) in [6, 6.07) is 0.788. The molecule has 0 amide bonds. The van der Waals surface area contributed by atoms with Gasteiger partial charge in [0.15, 0.2) is 0 Å². The third kappa shape index (κ3) is 1.98. The van der Waals surface area contributed by atoms with E-state index in [1.807, 2.05) is 0 Å². The molecular weight excluding hydrogens is 178 g/mol. The van der Waals surface area contributed by atoms with Crippen molar-refractivity contribution in [1.82, 2.24) is 4.90 Å². The summed E-state index contributed by atoms with van der Waals surface area (Å²) in [6.45, 7) is 2.14. The highest BCUT2D eigenvalue weighted by atomic mass is 16.5. The maximum atomic E-state index is 10.6. The topological polar surface area (TPSA) is 29.5 Å². The van der Waals surface area contributed by atoms with Crippen LogP contribution in [0.25, 0.3) is 0 Å². The molecule has 0 aromatic rings. The fraction of sp³-hybridized carbons (Fsp3) is 0.909. The minimum Gasteiger partial charge on any atom is -0.376 e. The maximum absolute atomic E-state index is 10.6. The molecule has 0 radical (unpaired) electrons. The molecule has 0 spiro atoms. The van der Waals surface area contributed by atoms with Crippen molar-refractivity contribution < 1.29 is 9.53 Å². The van der Waals surface area contributed by atoms with Gasteiger partial charge in [-0.05, 0) is 32.2 Å². The number of rotatable bonds is 4. The number of piperidine rings is 1. The lowest BCUT2D eigenvalue weighted by Gasteiger charge is -2.41. The number of carbonyl (C=O) groups is 1. The van der Waals surface area contributed by atoms with Gasteiger partial charge in [-0.3, -0.25) is 4.90 Å². The first-order chi connectivity index (χ1) is 6.79. The standard InChI is InChI=1S/C11H19NO2/c1-14-11(6-8-13)5-2-7-12(9-11)10-3-4-10/h8,10H,2-7,9H2,1H3. The second kappa shape index (κ2) is 3.99. The van der Waals surface area contributed by atoms with E-state index in [4.69, 9.17) is 4.74 Å². The van der Waals surface area contributed by atoms with Gasteiger partial charge in [-0.25, -0.2) is 0 Å². The Morgan fingerprint density at radius 1 is 1.57 bits per heavy atom. The van der Waals surface area contributed by atoms with Gasteiger partial charge in [-0.2, -0.15) is 0 Å². The molecule has 0 N–H and O–H groups in total. The van der Waals surface area contributed by atoms with Crippen molar-refractivity contribution in [3.8, 4) is 0 Å². The minimum absolute atomic E-state index is 0.178. The molecule has 1 aliphatic carbocycles. The summed E-state index contributed by atoms with van der Waals surface area (Å²) in [5, 5.41) is 0. The molecule has 1 atom stereocenters. The predicted octanol–water partition coefficient (Wildman–Crippen LogP) is 1.22. The van der Waals surface area contributed by atoms with E-state index in [0.717, 1.165) is 31.7 Å². The molecule has 0 aromatic carbocycles. The Bertz CT molecular complexity index is 215. The van der Waals surface area contributed by atoms with Crippen molar-refractivity contribution in [2.75, 3.05) is 20.2 Å². The summed E-state index contributed by atoms with van der Waals surface area (Å²) < 4.78 is 5.55. The Kier molecular flexibility index (Phi) is 2.88. The Balaban J connectivity index is 1.98. The smallest absolute Gasteiger partial charge is 0.122 e. The lowest BCUT2D eigenvalue weighted by molar-refractivity contribution is -0.119. The van der Waals surface area contributed by atoms with Crippen molar-refractivity contribution in [1.29, 1.82) is 0 Å². The Morgan fingerprint density at radius 2 is 2.36 bits per heavy atom. The van der Waals surface area contributed by atoms with E-state index in [0.29, 0.717) is 6.42 Å². The van der Waals surface area contributed by atoms with E-state index >= 15 is 0 Å². The molecule has 3 heteroatoms. The molecule has 1 unspecified atom stereocenters.